The number of hydrogen-bond acceptors (Lipinski definition) is 3. The topological polar surface area (TPSA) is 59.4 Å². The predicted octanol–water partition coefficient (Wildman–Crippen LogP) is 1.39. The normalized spacial score (nSPS) is 9.50. The van der Waals surface area contributed by atoms with Crippen LogP contribution in [0.5, 0.6) is 5.88 Å². The van der Waals surface area contributed by atoms with E-state index >= 15 is 0 Å². The van der Waals surface area contributed by atoms with Crippen molar-refractivity contribution in [3.8, 4) is 5.88 Å². The molecule has 0 fully saturated rings. The molecule has 0 atom stereocenters. The molecular weight excluding hydrogens is 273 g/mol. The first kappa shape index (κ1) is 9.24. The van der Waals surface area contributed by atoms with Crippen molar-refractivity contribution in [3.63, 3.8) is 0 Å². The van der Waals surface area contributed by atoms with E-state index in [-0.39, 0.29) is 11.4 Å². The van der Waals surface area contributed by atoms with Crippen molar-refractivity contribution in [2.24, 2.45) is 0 Å². The fraction of sp³-hybridized carbons (Fsp3) is 0.143. The van der Waals surface area contributed by atoms with Crippen molar-refractivity contribution >= 4 is 28.6 Å². The summed E-state index contributed by atoms with van der Waals surface area (Å²) in [5, 5.41) is 8.67. The lowest BCUT2D eigenvalue weighted by Crippen LogP contribution is -2.02. The van der Waals surface area contributed by atoms with E-state index in [0.29, 0.717) is 3.70 Å². The highest BCUT2D eigenvalue weighted by Gasteiger charge is 2.11. The Balaban J connectivity index is 3.20. The van der Waals surface area contributed by atoms with Gasteiger partial charge in [0.25, 0.3) is 0 Å². The molecule has 1 aromatic rings. The summed E-state index contributed by atoms with van der Waals surface area (Å²) in [5.41, 5.74) is 0.0814. The number of ether oxygens (including phenoxy) is 1. The maximum atomic E-state index is 10.6. The van der Waals surface area contributed by atoms with Crippen molar-refractivity contribution < 1.29 is 14.6 Å². The second kappa shape index (κ2) is 3.70. The fourth-order valence-electron chi connectivity index (χ4n) is 0.736. The molecule has 1 N–H and O–H groups in total. The van der Waals surface area contributed by atoms with E-state index in [2.05, 4.69) is 4.98 Å². The summed E-state index contributed by atoms with van der Waals surface area (Å²) >= 11 is 1.98. The zero-order valence-corrected chi connectivity index (χ0v) is 8.40. The molecule has 0 spiro atoms. The average molecular weight is 279 g/mol. The monoisotopic (exact) mass is 279 g/mol. The number of aromatic nitrogens is 1. The molecule has 5 heteroatoms. The number of nitrogens with zero attached hydrogens (tertiary/aromatic N) is 1. The van der Waals surface area contributed by atoms with E-state index in [4.69, 9.17) is 9.84 Å². The van der Waals surface area contributed by atoms with Gasteiger partial charge in [0.15, 0.2) is 0 Å². The standard InChI is InChI=1S/C7H6INO3/c1-12-6-4(7(10)11)2-3-5(8)9-6/h2-3H,1H3,(H,10,11). The van der Waals surface area contributed by atoms with Gasteiger partial charge < -0.3 is 9.84 Å². The lowest BCUT2D eigenvalue weighted by molar-refractivity contribution is 0.0692. The van der Waals surface area contributed by atoms with Gasteiger partial charge in [0, 0.05) is 0 Å². The van der Waals surface area contributed by atoms with Crippen LogP contribution in [0.25, 0.3) is 0 Å². The van der Waals surface area contributed by atoms with Crippen LogP contribution in [0.15, 0.2) is 12.1 Å². The predicted molar refractivity (Wildman–Crippen MR) is 50.5 cm³/mol. The van der Waals surface area contributed by atoms with Crippen LogP contribution in [0.2, 0.25) is 0 Å². The molecule has 1 aromatic heterocycles. The second-order valence-corrected chi connectivity index (χ2v) is 3.10. The van der Waals surface area contributed by atoms with Gasteiger partial charge in [0.2, 0.25) is 5.88 Å². The molecule has 0 unspecified atom stereocenters. The number of aromatic carboxylic acids is 1. The number of rotatable bonds is 2. The number of hydrogen-bond donors (Lipinski definition) is 1. The van der Waals surface area contributed by atoms with Crippen LogP contribution in [0, 0.1) is 3.70 Å². The van der Waals surface area contributed by atoms with Crippen molar-refractivity contribution in [1.82, 2.24) is 4.98 Å². The van der Waals surface area contributed by atoms with Gasteiger partial charge in [-0.05, 0) is 34.7 Å². The SMILES string of the molecule is COc1nc(I)ccc1C(=O)O. The minimum absolute atomic E-state index is 0.0814. The molecular formula is C7H6INO3. The van der Waals surface area contributed by atoms with Crippen LogP contribution in [0.1, 0.15) is 10.4 Å². The van der Waals surface area contributed by atoms with Crippen LogP contribution in [-0.4, -0.2) is 23.2 Å². The minimum Gasteiger partial charge on any atom is -0.480 e. The maximum Gasteiger partial charge on any atom is 0.341 e. The average Bonchev–Trinajstić information content (AvgIpc) is 2.03. The van der Waals surface area contributed by atoms with Gasteiger partial charge in [0.05, 0.1) is 7.11 Å². The number of carboxylic acid groups (broad SMARTS) is 1. The summed E-state index contributed by atoms with van der Waals surface area (Å²) in [7, 11) is 1.39. The summed E-state index contributed by atoms with van der Waals surface area (Å²) in [6.45, 7) is 0. The summed E-state index contributed by atoms with van der Waals surface area (Å²) in [5.74, 6) is -0.884. The first-order valence-corrected chi connectivity index (χ1v) is 4.17. The molecule has 0 aliphatic rings. The third kappa shape index (κ3) is 1.84. The third-order valence-electron chi connectivity index (χ3n) is 1.25. The van der Waals surface area contributed by atoms with Gasteiger partial charge in [-0.25, -0.2) is 9.78 Å². The van der Waals surface area contributed by atoms with Crippen molar-refractivity contribution in [1.29, 1.82) is 0 Å². The van der Waals surface area contributed by atoms with Crippen molar-refractivity contribution in [2.75, 3.05) is 7.11 Å². The number of carboxylic acids is 1. The molecule has 1 rings (SSSR count). The van der Waals surface area contributed by atoms with Crippen molar-refractivity contribution in [2.45, 2.75) is 0 Å². The Morgan fingerprint density at radius 3 is 2.83 bits per heavy atom. The van der Waals surface area contributed by atoms with Crippen LogP contribution < -0.4 is 4.74 Å². The summed E-state index contributed by atoms with van der Waals surface area (Å²) in [4.78, 5) is 14.5. The van der Waals surface area contributed by atoms with E-state index in [9.17, 15) is 4.79 Å². The number of methoxy groups -OCH3 is 1. The molecule has 12 heavy (non-hydrogen) atoms. The second-order valence-electron chi connectivity index (χ2n) is 2.00. The fourth-order valence-corrected chi connectivity index (χ4v) is 1.14. The van der Waals surface area contributed by atoms with Crippen LogP contribution in [0.4, 0.5) is 0 Å². The third-order valence-corrected chi connectivity index (χ3v) is 1.85. The largest absolute Gasteiger partial charge is 0.480 e. The highest BCUT2D eigenvalue weighted by molar-refractivity contribution is 14.1. The molecule has 0 aliphatic carbocycles. The zero-order chi connectivity index (χ0) is 9.14. The summed E-state index contributed by atoms with van der Waals surface area (Å²) < 4.78 is 5.49. The molecule has 64 valence electrons. The Morgan fingerprint density at radius 1 is 1.67 bits per heavy atom. The molecule has 0 saturated carbocycles. The number of pyridine rings is 1. The molecule has 0 radical (unpaired) electrons. The highest BCUT2D eigenvalue weighted by Crippen LogP contribution is 2.16. The van der Waals surface area contributed by atoms with Crippen LogP contribution in [0.3, 0.4) is 0 Å². The molecule has 0 saturated heterocycles. The minimum atomic E-state index is -1.03. The maximum absolute atomic E-state index is 10.6. The first-order valence-electron chi connectivity index (χ1n) is 3.09. The molecule has 0 amide bonds. The van der Waals surface area contributed by atoms with Gasteiger partial charge in [0.1, 0.15) is 9.26 Å². The van der Waals surface area contributed by atoms with Gasteiger partial charge >= 0.3 is 5.97 Å². The van der Waals surface area contributed by atoms with Crippen LogP contribution in [-0.2, 0) is 0 Å². The van der Waals surface area contributed by atoms with E-state index < -0.39 is 5.97 Å². The van der Waals surface area contributed by atoms with E-state index in [1.54, 1.807) is 6.07 Å². The van der Waals surface area contributed by atoms with Crippen molar-refractivity contribution in [3.05, 3.63) is 21.4 Å². The smallest absolute Gasteiger partial charge is 0.341 e. The number of carbonyl (C=O) groups is 1. The van der Waals surface area contributed by atoms with Gasteiger partial charge in [-0.2, -0.15) is 0 Å². The zero-order valence-electron chi connectivity index (χ0n) is 6.24. The highest BCUT2D eigenvalue weighted by atomic mass is 127. The molecule has 0 aromatic carbocycles. The van der Waals surface area contributed by atoms with Gasteiger partial charge in [-0.3, -0.25) is 0 Å². The van der Waals surface area contributed by atoms with E-state index in [1.807, 2.05) is 22.6 Å². The molecule has 1 heterocycles. The van der Waals surface area contributed by atoms with Gasteiger partial charge in [-0.15, -0.1) is 0 Å². The summed E-state index contributed by atoms with van der Waals surface area (Å²) in [6, 6.07) is 3.09. The quantitative estimate of drug-likeness (QED) is 0.656. The Bertz CT molecular complexity index is 314. The van der Waals surface area contributed by atoms with Crippen LogP contribution >= 0.6 is 22.6 Å². The Morgan fingerprint density at radius 2 is 2.33 bits per heavy atom. The molecule has 0 bridgehead atoms. The first-order chi connectivity index (χ1) is 5.65. The lowest BCUT2D eigenvalue weighted by atomic mass is 10.3. The number of halogens is 1. The van der Waals surface area contributed by atoms with E-state index in [1.165, 1.54) is 13.2 Å². The Hall–Kier alpha value is -0.850. The molecule has 4 nitrogen and oxygen atoms in total. The Labute approximate surface area is 82.7 Å². The van der Waals surface area contributed by atoms with Gasteiger partial charge in [-0.1, -0.05) is 0 Å². The lowest BCUT2D eigenvalue weighted by Gasteiger charge is -2.02. The Kier molecular flexibility index (Phi) is 2.85. The van der Waals surface area contributed by atoms with E-state index in [0.717, 1.165) is 0 Å². The molecule has 0 aliphatic heterocycles. The summed E-state index contributed by atoms with van der Waals surface area (Å²) in [6.07, 6.45) is 0.